The number of nitrogens with one attached hydrogen (secondary N) is 1. The number of anilines is 1. The summed E-state index contributed by atoms with van der Waals surface area (Å²) < 4.78 is 0. The predicted molar refractivity (Wildman–Crippen MR) is 92.2 cm³/mol. The van der Waals surface area contributed by atoms with Crippen molar-refractivity contribution in [2.45, 2.75) is 44.7 Å². The van der Waals surface area contributed by atoms with Crippen molar-refractivity contribution in [1.29, 1.82) is 0 Å². The van der Waals surface area contributed by atoms with Gasteiger partial charge in [-0.05, 0) is 42.7 Å². The van der Waals surface area contributed by atoms with Gasteiger partial charge in [0.25, 0.3) is 0 Å². The molecule has 0 aliphatic heterocycles. The minimum absolute atomic E-state index is 0.127. The molecule has 0 spiro atoms. The van der Waals surface area contributed by atoms with E-state index >= 15 is 0 Å². The lowest BCUT2D eigenvalue weighted by Crippen LogP contribution is -2.46. The van der Waals surface area contributed by atoms with E-state index in [-0.39, 0.29) is 11.9 Å². The lowest BCUT2D eigenvalue weighted by molar-refractivity contribution is -0.122. The third kappa shape index (κ3) is 3.08. The third-order valence-corrected chi connectivity index (χ3v) is 4.80. The van der Waals surface area contributed by atoms with Crippen molar-refractivity contribution in [3.8, 4) is 0 Å². The predicted octanol–water partition coefficient (Wildman–Crippen LogP) is 3.72. The molecule has 1 saturated carbocycles. The molecule has 0 unspecified atom stereocenters. The number of carbonyl (C=O) groups excluding carboxylic acids is 1. The van der Waals surface area contributed by atoms with E-state index in [1.165, 1.54) is 23.6 Å². The Balaban J connectivity index is 1.72. The summed E-state index contributed by atoms with van der Waals surface area (Å²) >= 11 is 0. The molecule has 1 aliphatic rings. The smallest absolute Gasteiger partial charge is 0.242 e. The Morgan fingerprint density at radius 2 is 1.82 bits per heavy atom. The highest BCUT2D eigenvalue weighted by Crippen LogP contribution is 2.23. The van der Waals surface area contributed by atoms with Crippen molar-refractivity contribution < 1.29 is 4.79 Å². The van der Waals surface area contributed by atoms with Crippen LogP contribution in [0.5, 0.6) is 0 Å². The number of fused-ring (bicyclic) bond motifs is 1. The SMILES string of the molecule is C[C@H](C(=O)NC1CCCC1)N(C)c1ccc2ccccc2c1. The molecule has 116 valence electrons. The number of nitrogens with zero attached hydrogens (tertiary/aromatic N) is 1. The van der Waals surface area contributed by atoms with E-state index in [1.807, 2.05) is 26.1 Å². The summed E-state index contributed by atoms with van der Waals surface area (Å²) in [5.74, 6) is 0.127. The summed E-state index contributed by atoms with van der Waals surface area (Å²) in [6.07, 6.45) is 4.72. The molecule has 2 aromatic rings. The van der Waals surface area contributed by atoms with Gasteiger partial charge < -0.3 is 10.2 Å². The van der Waals surface area contributed by atoms with Crippen LogP contribution in [0, 0.1) is 0 Å². The van der Waals surface area contributed by atoms with Crippen LogP contribution in [-0.4, -0.2) is 25.0 Å². The highest BCUT2D eigenvalue weighted by molar-refractivity contribution is 5.88. The van der Waals surface area contributed by atoms with Gasteiger partial charge in [0.1, 0.15) is 6.04 Å². The van der Waals surface area contributed by atoms with Crippen LogP contribution < -0.4 is 10.2 Å². The molecule has 0 heterocycles. The average molecular weight is 296 g/mol. The van der Waals surface area contributed by atoms with Crippen molar-refractivity contribution in [2.24, 2.45) is 0 Å². The first-order chi connectivity index (χ1) is 10.6. The maximum atomic E-state index is 12.4. The Bertz CT molecular complexity index is 661. The fourth-order valence-corrected chi connectivity index (χ4v) is 3.19. The molecule has 0 aromatic heterocycles. The Labute approximate surface area is 132 Å². The normalized spacial score (nSPS) is 16.6. The first-order valence-electron chi connectivity index (χ1n) is 8.17. The molecule has 3 nitrogen and oxygen atoms in total. The molecular weight excluding hydrogens is 272 g/mol. The number of amides is 1. The van der Waals surface area contributed by atoms with Crippen LogP contribution >= 0.6 is 0 Å². The van der Waals surface area contributed by atoms with Gasteiger partial charge in [0.15, 0.2) is 0 Å². The zero-order valence-corrected chi connectivity index (χ0v) is 13.4. The molecule has 2 aromatic carbocycles. The third-order valence-electron chi connectivity index (χ3n) is 4.80. The van der Waals surface area contributed by atoms with Crippen LogP contribution in [0.4, 0.5) is 5.69 Å². The first kappa shape index (κ1) is 14.9. The van der Waals surface area contributed by atoms with E-state index in [1.54, 1.807) is 0 Å². The molecule has 1 amide bonds. The van der Waals surface area contributed by atoms with E-state index in [0.29, 0.717) is 6.04 Å². The lowest BCUT2D eigenvalue weighted by atomic mass is 10.1. The quantitative estimate of drug-likeness (QED) is 0.932. The molecule has 3 heteroatoms. The topological polar surface area (TPSA) is 32.3 Å². The molecule has 3 rings (SSSR count). The second kappa shape index (κ2) is 6.39. The van der Waals surface area contributed by atoms with Gasteiger partial charge in [0, 0.05) is 18.8 Å². The van der Waals surface area contributed by atoms with Crippen LogP contribution in [0.1, 0.15) is 32.6 Å². The van der Waals surface area contributed by atoms with Gasteiger partial charge in [0.05, 0.1) is 0 Å². The molecular formula is C19H24N2O. The molecule has 0 bridgehead atoms. The maximum absolute atomic E-state index is 12.4. The Morgan fingerprint density at radius 3 is 2.55 bits per heavy atom. The maximum Gasteiger partial charge on any atom is 0.242 e. The number of rotatable bonds is 4. The van der Waals surface area contributed by atoms with Crippen molar-refractivity contribution in [3.05, 3.63) is 42.5 Å². The van der Waals surface area contributed by atoms with E-state index in [0.717, 1.165) is 18.5 Å². The van der Waals surface area contributed by atoms with Gasteiger partial charge >= 0.3 is 0 Å². The van der Waals surface area contributed by atoms with E-state index < -0.39 is 0 Å². The zero-order valence-electron chi connectivity index (χ0n) is 13.4. The van der Waals surface area contributed by atoms with Crippen LogP contribution in [-0.2, 0) is 4.79 Å². The van der Waals surface area contributed by atoms with Gasteiger partial charge in [-0.3, -0.25) is 4.79 Å². The number of carbonyl (C=O) groups is 1. The Kier molecular flexibility index (Phi) is 4.32. The number of likely N-dealkylation sites (N-methyl/N-ethyl adjacent to an activating group) is 1. The highest BCUT2D eigenvalue weighted by Gasteiger charge is 2.23. The van der Waals surface area contributed by atoms with Crippen molar-refractivity contribution in [3.63, 3.8) is 0 Å². The monoisotopic (exact) mass is 296 g/mol. The van der Waals surface area contributed by atoms with Gasteiger partial charge in [0.2, 0.25) is 5.91 Å². The number of hydrogen-bond acceptors (Lipinski definition) is 2. The van der Waals surface area contributed by atoms with Crippen molar-refractivity contribution in [1.82, 2.24) is 5.32 Å². The van der Waals surface area contributed by atoms with Crippen molar-refractivity contribution in [2.75, 3.05) is 11.9 Å². The van der Waals surface area contributed by atoms with Crippen LogP contribution in [0.2, 0.25) is 0 Å². The lowest BCUT2D eigenvalue weighted by Gasteiger charge is -2.27. The summed E-state index contributed by atoms with van der Waals surface area (Å²) in [6, 6.07) is 14.9. The molecule has 1 fully saturated rings. The molecule has 1 atom stereocenters. The van der Waals surface area contributed by atoms with Crippen LogP contribution in [0.15, 0.2) is 42.5 Å². The van der Waals surface area contributed by atoms with Gasteiger partial charge in [-0.1, -0.05) is 43.2 Å². The standard InChI is InChI=1S/C19H24N2O/c1-14(19(22)20-17-9-5-6-10-17)21(2)18-12-11-15-7-3-4-8-16(15)13-18/h3-4,7-8,11-14,17H,5-6,9-10H2,1-2H3,(H,20,22)/t14-/m1/s1. The molecule has 1 aliphatic carbocycles. The summed E-state index contributed by atoms with van der Waals surface area (Å²) in [7, 11) is 1.99. The Hall–Kier alpha value is -2.03. The van der Waals surface area contributed by atoms with E-state index in [4.69, 9.17) is 0 Å². The fraction of sp³-hybridized carbons (Fsp3) is 0.421. The number of hydrogen-bond donors (Lipinski definition) is 1. The van der Waals surface area contributed by atoms with Crippen LogP contribution in [0.3, 0.4) is 0 Å². The average Bonchev–Trinajstić information content (AvgIpc) is 3.06. The first-order valence-corrected chi connectivity index (χ1v) is 8.17. The fourth-order valence-electron chi connectivity index (χ4n) is 3.19. The minimum atomic E-state index is -0.165. The highest BCUT2D eigenvalue weighted by atomic mass is 16.2. The molecule has 0 saturated heterocycles. The molecule has 1 N–H and O–H groups in total. The van der Waals surface area contributed by atoms with Gasteiger partial charge in [-0.2, -0.15) is 0 Å². The zero-order chi connectivity index (χ0) is 15.5. The van der Waals surface area contributed by atoms with E-state index in [9.17, 15) is 4.79 Å². The number of benzene rings is 2. The summed E-state index contributed by atoms with van der Waals surface area (Å²) in [6.45, 7) is 1.97. The largest absolute Gasteiger partial charge is 0.363 e. The summed E-state index contributed by atoms with van der Waals surface area (Å²) in [4.78, 5) is 14.5. The summed E-state index contributed by atoms with van der Waals surface area (Å²) in [5.41, 5.74) is 1.08. The minimum Gasteiger partial charge on any atom is -0.363 e. The van der Waals surface area contributed by atoms with Crippen LogP contribution in [0.25, 0.3) is 10.8 Å². The van der Waals surface area contributed by atoms with Gasteiger partial charge in [-0.15, -0.1) is 0 Å². The van der Waals surface area contributed by atoms with Gasteiger partial charge in [-0.25, -0.2) is 0 Å². The Morgan fingerprint density at radius 1 is 1.14 bits per heavy atom. The van der Waals surface area contributed by atoms with Crippen molar-refractivity contribution >= 4 is 22.4 Å². The van der Waals surface area contributed by atoms with E-state index in [2.05, 4.69) is 40.5 Å². The molecule has 0 radical (unpaired) electrons. The summed E-state index contributed by atoms with van der Waals surface area (Å²) in [5, 5.41) is 5.61. The second-order valence-electron chi connectivity index (χ2n) is 6.31. The molecule has 22 heavy (non-hydrogen) atoms. The second-order valence-corrected chi connectivity index (χ2v) is 6.31.